The van der Waals surface area contributed by atoms with E-state index in [1.54, 1.807) is 72.8 Å². The highest BCUT2D eigenvalue weighted by Crippen LogP contribution is 2.38. The molecule has 0 aromatic heterocycles. The van der Waals surface area contributed by atoms with Crippen molar-refractivity contribution in [2.75, 3.05) is 19.0 Å². The lowest BCUT2D eigenvalue weighted by Crippen LogP contribution is -2.50. The van der Waals surface area contributed by atoms with Crippen LogP contribution in [0.2, 0.25) is 0 Å². The van der Waals surface area contributed by atoms with E-state index >= 15 is 0 Å². The Kier molecular flexibility index (Phi) is 9.40. The molecule has 210 valence electrons. The molecule has 0 amide bonds. The zero-order valence-electron chi connectivity index (χ0n) is 22.7. The largest absolute Gasteiger partial charge is 0.459 e. The second kappa shape index (κ2) is 12.8. The molecule has 1 heterocycles. The summed E-state index contributed by atoms with van der Waals surface area (Å²) in [6.45, 7) is 5.44. The van der Waals surface area contributed by atoms with Crippen LogP contribution in [0.5, 0.6) is 0 Å². The van der Waals surface area contributed by atoms with Gasteiger partial charge in [-0.3, -0.25) is 0 Å². The third-order valence-electron chi connectivity index (χ3n) is 6.70. The summed E-state index contributed by atoms with van der Waals surface area (Å²) >= 11 is 3.40. The average Bonchev–Trinajstić information content (AvgIpc) is 3.24. The number of methoxy groups -OCH3 is 1. The Balaban J connectivity index is 1.62. The van der Waals surface area contributed by atoms with Gasteiger partial charge < -0.3 is 23.7 Å². The number of esters is 3. The van der Waals surface area contributed by atoms with Crippen LogP contribution in [-0.4, -0.2) is 61.1 Å². The van der Waals surface area contributed by atoms with Crippen LogP contribution in [0.15, 0.2) is 72.8 Å². The Hall–Kier alpha value is -3.53. The van der Waals surface area contributed by atoms with Gasteiger partial charge >= 0.3 is 17.9 Å². The van der Waals surface area contributed by atoms with Gasteiger partial charge in [-0.05, 0) is 57.2 Å². The van der Waals surface area contributed by atoms with Crippen LogP contribution < -0.4 is 0 Å². The van der Waals surface area contributed by atoms with E-state index in [1.807, 2.05) is 20.8 Å². The molecule has 3 aromatic rings. The minimum Gasteiger partial charge on any atom is -0.459 e. The second-order valence-electron chi connectivity index (χ2n) is 9.70. The van der Waals surface area contributed by atoms with E-state index in [4.69, 9.17) is 23.7 Å². The number of carbonyl (C=O) groups excluding carboxylic acids is 3. The zero-order chi connectivity index (χ0) is 28.9. The summed E-state index contributed by atoms with van der Waals surface area (Å²) < 4.78 is 29.2. The van der Waals surface area contributed by atoms with Gasteiger partial charge in [-0.2, -0.15) is 0 Å². The summed E-state index contributed by atoms with van der Waals surface area (Å²) in [6, 6.07) is 20.6. The minimum atomic E-state index is -1.53. The molecule has 8 nitrogen and oxygen atoms in total. The molecule has 0 unspecified atom stereocenters. The lowest BCUT2D eigenvalue weighted by molar-refractivity contribution is -0.230. The molecule has 0 saturated carbocycles. The molecule has 0 radical (unpaired) electrons. The van der Waals surface area contributed by atoms with Crippen LogP contribution in [0.1, 0.15) is 47.8 Å². The van der Waals surface area contributed by atoms with E-state index in [0.717, 1.165) is 16.7 Å². The smallest absolute Gasteiger partial charge is 0.338 e. The highest BCUT2D eigenvalue weighted by atomic mass is 79.9. The molecule has 0 bridgehead atoms. The van der Waals surface area contributed by atoms with Crippen LogP contribution in [-0.2, 0) is 23.7 Å². The number of benzene rings is 3. The number of hydrogen-bond donors (Lipinski definition) is 0. The second-order valence-corrected chi connectivity index (χ2v) is 10.3. The van der Waals surface area contributed by atoms with Gasteiger partial charge in [-0.25, -0.2) is 14.4 Å². The van der Waals surface area contributed by atoms with Crippen molar-refractivity contribution in [1.82, 2.24) is 0 Å². The fraction of sp³-hybridized carbons (Fsp3) is 0.323. The van der Waals surface area contributed by atoms with Crippen molar-refractivity contribution in [3.63, 3.8) is 0 Å². The van der Waals surface area contributed by atoms with E-state index in [2.05, 4.69) is 15.9 Å². The van der Waals surface area contributed by atoms with Gasteiger partial charge in [-0.15, -0.1) is 0 Å². The average molecular weight is 611 g/mol. The first kappa shape index (κ1) is 29.5. The molecule has 9 heteroatoms. The summed E-state index contributed by atoms with van der Waals surface area (Å²) in [5.41, 5.74) is 3.93. The van der Waals surface area contributed by atoms with Crippen molar-refractivity contribution in [2.24, 2.45) is 0 Å². The van der Waals surface area contributed by atoms with Gasteiger partial charge in [0.25, 0.3) is 0 Å². The molecule has 1 fully saturated rings. The highest BCUT2D eigenvalue weighted by molar-refractivity contribution is 9.09. The number of carbonyl (C=O) groups is 3. The summed E-state index contributed by atoms with van der Waals surface area (Å²) in [5.74, 6) is -3.40. The number of aryl methyl sites for hydroxylation is 3. The zero-order valence-corrected chi connectivity index (χ0v) is 24.3. The van der Waals surface area contributed by atoms with Gasteiger partial charge in [0.15, 0.2) is 12.2 Å². The number of hydrogen-bond acceptors (Lipinski definition) is 8. The molecule has 0 spiro atoms. The van der Waals surface area contributed by atoms with Crippen LogP contribution in [0.3, 0.4) is 0 Å². The molecule has 0 aliphatic carbocycles. The molecule has 4 atom stereocenters. The lowest BCUT2D eigenvalue weighted by Gasteiger charge is -2.31. The Morgan fingerprint density at radius 3 is 1.57 bits per heavy atom. The van der Waals surface area contributed by atoms with Crippen molar-refractivity contribution in [3.8, 4) is 0 Å². The summed E-state index contributed by atoms with van der Waals surface area (Å²) in [6.07, 6.45) is -3.35. The first-order valence-electron chi connectivity index (χ1n) is 12.7. The quantitative estimate of drug-likeness (QED) is 0.181. The van der Waals surface area contributed by atoms with Gasteiger partial charge in [0, 0.05) is 7.11 Å². The standard InChI is InChI=1S/C31H31BrO8/c1-19-5-11-22(12-6-19)28(33)37-17-25-26(38-29(34)23-13-7-20(2)8-14-23)27(31(18-32,36-4)40-25)39-30(35)24-15-9-21(3)10-16-24/h5-16,25-27H,17-18H2,1-4H3/t25-,26+,27+,31-/m1/s1. The van der Waals surface area contributed by atoms with Crippen molar-refractivity contribution in [3.05, 3.63) is 106 Å². The normalized spacial score (nSPS) is 22.0. The molecule has 3 aromatic carbocycles. The van der Waals surface area contributed by atoms with Gasteiger partial charge in [0.2, 0.25) is 5.79 Å². The number of ether oxygens (including phenoxy) is 5. The van der Waals surface area contributed by atoms with Crippen LogP contribution >= 0.6 is 15.9 Å². The molecular formula is C31H31BrO8. The topological polar surface area (TPSA) is 97.4 Å². The van der Waals surface area contributed by atoms with Crippen LogP contribution in [0.4, 0.5) is 0 Å². The summed E-state index contributed by atoms with van der Waals surface area (Å²) in [7, 11) is 1.40. The van der Waals surface area contributed by atoms with Gasteiger partial charge in [0.05, 0.1) is 22.0 Å². The molecule has 4 rings (SSSR count). The fourth-order valence-electron chi connectivity index (χ4n) is 4.27. The Morgan fingerprint density at radius 2 is 1.15 bits per heavy atom. The lowest BCUT2D eigenvalue weighted by atomic mass is 10.0. The van der Waals surface area contributed by atoms with Gasteiger partial charge in [0.1, 0.15) is 12.7 Å². The van der Waals surface area contributed by atoms with E-state index in [-0.39, 0.29) is 11.9 Å². The SMILES string of the molecule is CO[C@]1(CBr)O[C@H](COC(=O)c2ccc(C)cc2)[C@H](OC(=O)c2ccc(C)cc2)[C@@H]1OC(=O)c1ccc(C)cc1. The number of rotatable bonds is 9. The molecule has 1 aliphatic heterocycles. The van der Waals surface area contributed by atoms with E-state index in [1.165, 1.54) is 7.11 Å². The van der Waals surface area contributed by atoms with Crippen molar-refractivity contribution >= 4 is 33.8 Å². The van der Waals surface area contributed by atoms with Crippen LogP contribution in [0.25, 0.3) is 0 Å². The highest BCUT2D eigenvalue weighted by Gasteiger charge is 2.60. The Bertz CT molecular complexity index is 1330. The maximum absolute atomic E-state index is 13.2. The van der Waals surface area contributed by atoms with Crippen molar-refractivity contribution < 1.29 is 38.1 Å². The summed E-state index contributed by atoms with van der Waals surface area (Å²) in [4.78, 5) is 39.1. The van der Waals surface area contributed by atoms with Crippen molar-refractivity contribution in [2.45, 2.75) is 44.9 Å². The molecular weight excluding hydrogens is 580 g/mol. The summed E-state index contributed by atoms with van der Waals surface area (Å²) in [5, 5.41) is 0.0728. The Morgan fingerprint density at radius 1 is 0.725 bits per heavy atom. The monoisotopic (exact) mass is 610 g/mol. The predicted molar refractivity (Wildman–Crippen MR) is 151 cm³/mol. The first-order chi connectivity index (χ1) is 19.2. The number of alkyl halides is 1. The molecule has 0 N–H and O–H groups in total. The maximum Gasteiger partial charge on any atom is 0.338 e. The molecule has 1 aliphatic rings. The fourth-order valence-corrected chi connectivity index (χ4v) is 4.95. The van der Waals surface area contributed by atoms with Crippen molar-refractivity contribution in [1.29, 1.82) is 0 Å². The molecule has 40 heavy (non-hydrogen) atoms. The molecule has 1 saturated heterocycles. The minimum absolute atomic E-state index is 0.0728. The van der Waals surface area contributed by atoms with E-state index in [0.29, 0.717) is 16.7 Å². The number of halogens is 1. The maximum atomic E-state index is 13.2. The Labute approximate surface area is 241 Å². The van der Waals surface area contributed by atoms with E-state index < -0.39 is 42.0 Å². The predicted octanol–water partition coefficient (Wildman–Crippen LogP) is 5.36. The van der Waals surface area contributed by atoms with Crippen LogP contribution in [0, 0.1) is 20.8 Å². The third-order valence-corrected chi connectivity index (χ3v) is 7.48. The third kappa shape index (κ3) is 6.60. The first-order valence-corrected chi connectivity index (χ1v) is 13.9. The van der Waals surface area contributed by atoms with E-state index in [9.17, 15) is 14.4 Å². The van der Waals surface area contributed by atoms with Gasteiger partial charge in [-0.1, -0.05) is 69.0 Å².